The molecule has 2 aromatic rings. The molecule has 0 aliphatic rings. The van der Waals surface area contributed by atoms with Crippen LogP contribution in [0, 0.1) is 13.8 Å². The number of benzene rings is 1. The molecule has 6 heteroatoms. The van der Waals surface area contributed by atoms with Gasteiger partial charge in [0.05, 0.1) is 7.11 Å². The van der Waals surface area contributed by atoms with Crippen LogP contribution < -0.4 is 10.1 Å². The molecule has 0 radical (unpaired) electrons. The molecule has 0 atom stereocenters. The van der Waals surface area contributed by atoms with Gasteiger partial charge in [0.25, 0.3) is 5.91 Å². The maximum absolute atomic E-state index is 11.8. The van der Waals surface area contributed by atoms with Gasteiger partial charge >= 0.3 is 5.97 Å². The Balaban J connectivity index is 1.90. The molecule has 0 bridgehead atoms. The average molecular weight is 317 g/mol. The van der Waals surface area contributed by atoms with Gasteiger partial charge in [0.1, 0.15) is 24.7 Å². The van der Waals surface area contributed by atoms with Crippen molar-refractivity contribution >= 4 is 11.9 Å². The quantitative estimate of drug-likeness (QED) is 0.828. The number of ether oxygens (including phenoxy) is 2. The first-order chi connectivity index (χ1) is 11.0. The molecule has 0 spiro atoms. The Kier molecular flexibility index (Phi) is 5.41. The predicted octanol–water partition coefficient (Wildman–Crippen LogP) is 2.38. The summed E-state index contributed by atoms with van der Waals surface area (Å²) >= 11 is 0. The Hall–Kier alpha value is -2.76. The van der Waals surface area contributed by atoms with Crippen molar-refractivity contribution in [2.24, 2.45) is 0 Å². The molecule has 0 aliphatic heterocycles. The molecule has 122 valence electrons. The lowest BCUT2D eigenvalue weighted by molar-refractivity contribution is -0.139. The van der Waals surface area contributed by atoms with Crippen LogP contribution in [-0.2, 0) is 16.1 Å². The highest BCUT2D eigenvalue weighted by molar-refractivity contribution is 5.93. The molecular formula is C17H19NO5. The normalized spacial score (nSPS) is 10.2. The highest BCUT2D eigenvalue weighted by Crippen LogP contribution is 2.18. The molecule has 1 heterocycles. The molecule has 23 heavy (non-hydrogen) atoms. The van der Waals surface area contributed by atoms with Crippen LogP contribution in [-0.4, -0.2) is 25.5 Å². The molecule has 0 fully saturated rings. The third kappa shape index (κ3) is 4.60. The molecule has 2 rings (SSSR count). The van der Waals surface area contributed by atoms with Gasteiger partial charge in [-0.25, -0.2) is 0 Å². The third-order valence-corrected chi connectivity index (χ3v) is 3.37. The molecule has 1 N–H and O–H groups in total. The van der Waals surface area contributed by atoms with Crippen LogP contribution in [0.5, 0.6) is 5.75 Å². The Labute approximate surface area is 134 Å². The first kappa shape index (κ1) is 16.6. The van der Waals surface area contributed by atoms with Crippen molar-refractivity contribution < 1.29 is 23.5 Å². The van der Waals surface area contributed by atoms with E-state index in [1.54, 1.807) is 6.07 Å². The number of carbonyl (C=O) groups is 2. The number of aryl methyl sites for hydroxylation is 2. The SMILES string of the molecule is COC(=O)CNC(=O)c1ccc(COc2ccc(C)c(C)c2)o1. The summed E-state index contributed by atoms with van der Waals surface area (Å²) in [4.78, 5) is 22.8. The van der Waals surface area contributed by atoms with E-state index in [0.29, 0.717) is 5.76 Å². The first-order valence-corrected chi connectivity index (χ1v) is 7.13. The van der Waals surface area contributed by atoms with Gasteiger partial charge < -0.3 is 19.2 Å². The van der Waals surface area contributed by atoms with Crippen LogP contribution in [0.1, 0.15) is 27.4 Å². The minimum atomic E-state index is -0.525. The average Bonchev–Trinajstić information content (AvgIpc) is 3.02. The van der Waals surface area contributed by atoms with E-state index in [4.69, 9.17) is 9.15 Å². The second-order valence-corrected chi connectivity index (χ2v) is 5.06. The van der Waals surface area contributed by atoms with Crippen molar-refractivity contribution in [1.82, 2.24) is 5.32 Å². The smallest absolute Gasteiger partial charge is 0.325 e. The zero-order chi connectivity index (χ0) is 16.8. The monoisotopic (exact) mass is 317 g/mol. The Morgan fingerprint density at radius 2 is 1.91 bits per heavy atom. The van der Waals surface area contributed by atoms with E-state index in [-0.39, 0.29) is 18.9 Å². The van der Waals surface area contributed by atoms with E-state index in [1.165, 1.54) is 18.7 Å². The van der Waals surface area contributed by atoms with Crippen molar-refractivity contribution in [1.29, 1.82) is 0 Å². The van der Waals surface area contributed by atoms with Gasteiger partial charge in [-0.05, 0) is 49.2 Å². The number of rotatable bonds is 6. The largest absolute Gasteiger partial charge is 0.486 e. The fourth-order valence-electron chi connectivity index (χ4n) is 1.85. The summed E-state index contributed by atoms with van der Waals surface area (Å²) in [6.07, 6.45) is 0. The van der Waals surface area contributed by atoms with Crippen molar-refractivity contribution in [2.75, 3.05) is 13.7 Å². The standard InChI is InChI=1S/C17H19NO5/c1-11-4-5-13(8-12(11)2)22-10-14-6-7-15(23-14)17(20)18-9-16(19)21-3/h4-8H,9-10H2,1-3H3,(H,18,20). The lowest BCUT2D eigenvalue weighted by Gasteiger charge is -2.06. The molecule has 1 amide bonds. The topological polar surface area (TPSA) is 77.8 Å². The minimum Gasteiger partial charge on any atom is -0.486 e. The minimum absolute atomic E-state index is 0.118. The van der Waals surface area contributed by atoms with E-state index in [2.05, 4.69) is 10.1 Å². The van der Waals surface area contributed by atoms with Gasteiger partial charge in [0, 0.05) is 0 Å². The van der Waals surface area contributed by atoms with Crippen LogP contribution in [0.3, 0.4) is 0 Å². The number of amides is 1. The van der Waals surface area contributed by atoms with Gasteiger partial charge in [-0.3, -0.25) is 9.59 Å². The van der Waals surface area contributed by atoms with Crippen LogP contribution in [0.25, 0.3) is 0 Å². The van der Waals surface area contributed by atoms with Crippen molar-refractivity contribution in [3.05, 3.63) is 53.0 Å². The third-order valence-electron chi connectivity index (χ3n) is 3.37. The van der Waals surface area contributed by atoms with Crippen LogP contribution >= 0.6 is 0 Å². The van der Waals surface area contributed by atoms with Gasteiger partial charge in [-0.15, -0.1) is 0 Å². The second-order valence-electron chi connectivity index (χ2n) is 5.06. The Morgan fingerprint density at radius 3 is 2.61 bits per heavy atom. The summed E-state index contributed by atoms with van der Waals surface area (Å²) in [7, 11) is 1.25. The molecule has 1 aromatic heterocycles. The molecule has 1 aromatic carbocycles. The Bertz CT molecular complexity index is 705. The van der Waals surface area contributed by atoms with Gasteiger partial charge in [-0.2, -0.15) is 0 Å². The summed E-state index contributed by atoms with van der Waals surface area (Å²) in [6.45, 7) is 4.06. The number of hydrogen-bond acceptors (Lipinski definition) is 5. The fraction of sp³-hybridized carbons (Fsp3) is 0.294. The summed E-state index contributed by atoms with van der Waals surface area (Å²) in [5.74, 6) is 0.372. The first-order valence-electron chi connectivity index (χ1n) is 7.13. The lowest BCUT2D eigenvalue weighted by atomic mass is 10.1. The van der Waals surface area contributed by atoms with E-state index in [1.807, 2.05) is 32.0 Å². The molecule has 0 aliphatic carbocycles. The van der Waals surface area contributed by atoms with Gasteiger partial charge in [0.15, 0.2) is 5.76 Å². The van der Waals surface area contributed by atoms with E-state index >= 15 is 0 Å². The number of carbonyl (C=O) groups excluding carboxylic acids is 2. The zero-order valence-corrected chi connectivity index (χ0v) is 13.3. The number of hydrogen-bond donors (Lipinski definition) is 1. The van der Waals surface area contributed by atoms with Crippen molar-refractivity contribution in [3.8, 4) is 5.75 Å². The second kappa shape index (κ2) is 7.49. The number of esters is 1. The molecule has 6 nitrogen and oxygen atoms in total. The highest BCUT2D eigenvalue weighted by Gasteiger charge is 2.13. The fourth-order valence-corrected chi connectivity index (χ4v) is 1.85. The van der Waals surface area contributed by atoms with Crippen LogP contribution in [0.15, 0.2) is 34.7 Å². The van der Waals surface area contributed by atoms with E-state index in [9.17, 15) is 9.59 Å². The number of methoxy groups -OCH3 is 1. The van der Waals surface area contributed by atoms with Crippen molar-refractivity contribution in [3.63, 3.8) is 0 Å². The van der Waals surface area contributed by atoms with E-state index in [0.717, 1.165) is 11.3 Å². The summed E-state index contributed by atoms with van der Waals surface area (Å²) < 4.78 is 15.5. The molecular weight excluding hydrogens is 298 g/mol. The highest BCUT2D eigenvalue weighted by atomic mass is 16.5. The lowest BCUT2D eigenvalue weighted by Crippen LogP contribution is -2.29. The molecule has 0 saturated heterocycles. The van der Waals surface area contributed by atoms with Crippen LogP contribution in [0.4, 0.5) is 0 Å². The van der Waals surface area contributed by atoms with Gasteiger partial charge in [0.2, 0.25) is 0 Å². The maximum atomic E-state index is 11.8. The Morgan fingerprint density at radius 1 is 1.13 bits per heavy atom. The number of nitrogens with one attached hydrogen (secondary N) is 1. The summed E-state index contributed by atoms with van der Waals surface area (Å²) in [6, 6.07) is 9.01. The summed E-state index contributed by atoms with van der Waals surface area (Å²) in [5, 5.41) is 2.40. The van der Waals surface area contributed by atoms with Gasteiger partial charge in [-0.1, -0.05) is 6.07 Å². The van der Waals surface area contributed by atoms with Crippen LogP contribution in [0.2, 0.25) is 0 Å². The summed E-state index contributed by atoms with van der Waals surface area (Å²) in [5.41, 5.74) is 2.34. The number of furan rings is 1. The molecule has 0 saturated carbocycles. The van der Waals surface area contributed by atoms with Crippen molar-refractivity contribution in [2.45, 2.75) is 20.5 Å². The zero-order valence-electron chi connectivity index (χ0n) is 13.3. The molecule has 0 unspecified atom stereocenters. The van der Waals surface area contributed by atoms with E-state index < -0.39 is 11.9 Å². The predicted molar refractivity (Wildman–Crippen MR) is 83.3 cm³/mol. The maximum Gasteiger partial charge on any atom is 0.325 e.